The number of ether oxygens (including phenoxy) is 1. The van der Waals surface area contributed by atoms with Crippen molar-refractivity contribution >= 4 is 16.9 Å². The number of carbonyl (C=O) groups is 1. The zero-order valence-corrected chi connectivity index (χ0v) is 13.2. The number of nitrogens with zero attached hydrogens (tertiary/aromatic N) is 1. The van der Waals surface area contributed by atoms with Crippen LogP contribution in [-0.4, -0.2) is 16.6 Å². The Morgan fingerprint density at radius 3 is 2.65 bits per heavy atom. The molecular formula is C20H19NO2. The van der Waals surface area contributed by atoms with Crippen LogP contribution in [0.4, 0.5) is 0 Å². The summed E-state index contributed by atoms with van der Waals surface area (Å²) < 4.78 is 8.02. The summed E-state index contributed by atoms with van der Waals surface area (Å²) in [5.41, 5.74) is 4.59. The summed E-state index contributed by atoms with van der Waals surface area (Å²) in [6, 6.07) is 17.7. The molecular weight excluding hydrogens is 286 g/mol. The van der Waals surface area contributed by atoms with E-state index in [4.69, 9.17) is 4.74 Å². The predicted molar refractivity (Wildman–Crippen MR) is 90.6 cm³/mol. The molecule has 1 atom stereocenters. The van der Waals surface area contributed by atoms with Gasteiger partial charge in [0.1, 0.15) is 6.10 Å². The van der Waals surface area contributed by atoms with Gasteiger partial charge in [-0.15, -0.1) is 0 Å². The number of aryl methyl sites for hydroxylation is 1. The van der Waals surface area contributed by atoms with E-state index >= 15 is 0 Å². The Morgan fingerprint density at radius 2 is 1.83 bits per heavy atom. The highest BCUT2D eigenvalue weighted by molar-refractivity contribution is 5.89. The number of aromatic nitrogens is 1. The molecule has 0 saturated carbocycles. The Bertz CT molecular complexity index is 864. The minimum absolute atomic E-state index is 0.0407. The number of para-hydroxylation sites is 1. The standard InChI is InChI=1S/C20H19NO2/c1-21-18-10-6-5-9-16(18)17-13-15(11-12-19(17)21)23-20(22)14-7-3-2-4-8-14/h2-10,15H,11-13H2,1H3. The van der Waals surface area contributed by atoms with Crippen molar-refractivity contribution in [2.75, 3.05) is 0 Å². The van der Waals surface area contributed by atoms with Crippen LogP contribution in [0.2, 0.25) is 0 Å². The van der Waals surface area contributed by atoms with E-state index in [1.54, 1.807) is 12.1 Å². The molecule has 3 aromatic rings. The molecule has 0 aliphatic heterocycles. The van der Waals surface area contributed by atoms with Gasteiger partial charge >= 0.3 is 5.97 Å². The van der Waals surface area contributed by atoms with Gasteiger partial charge in [0.2, 0.25) is 0 Å². The summed E-state index contributed by atoms with van der Waals surface area (Å²) in [7, 11) is 2.12. The second-order valence-corrected chi connectivity index (χ2v) is 6.14. The van der Waals surface area contributed by atoms with Crippen molar-refractivity contribution in [2.24, 2.45) is 7.05 Å². The third kappa shape index (κ3) is 2.42. The third-order valence-electron chi connectivity index (χ3n) is 4.76. The molecule has 0 N–H and O–H groups in total. The highest BCUT2D eigenvalue weighted by atomic mass is 16.5. The van der Waals surface area contributed by atoms with Crippen LogP contribution in [0.3, 0.4) is 0 Å². The normalized spacial score (nSPS) is 17.0. The van der Waals surface area contributed by atoms with Crippen LogP contribution < -0.4 is 0 Å². The molecule has 0 fully saturated rings. The van der Waals surface area contributed by atoms with Crippen LogP contribution >= 0.6 is 0 Å². The van der Waals surface area contributed by atoms with Crippen LogP contribution in [0.5, 0.6) is 0 Å². The van der Waals surface area contributed by atoms with Crippen molar-refractivity contribution in [1.82, 2.24) is 4.57 Å². The SMILES string of the molecule is Cn1c2c(c3ccccc31)CC(OC(=O)c1ccccc1)CC2. The summed E-state index contributed by atoms with van der Waals surface area (Å²) >= 11 is 0. The largest absolute Gasteiger partial charge is 0.458 e. The topological polar surface area (TPSA) is 31.2 Å². The van der Waals surface area contributed by atoms with Gasteiger partial charge in [0.15, 0.2) is 0 Å². The summed E-state index contributed by atoms with van der Waals surface area (Å²) in [4.78, 5) is 12.3. The Morgan fingerprint density at radius 1 is 1.09 bits per heavy atom. The molecule has 0 radical (unpaired) electrons. The van der Waals surface area contributed by atoms with E-state index in [9.17, 15) is 4.79 Å². The predicted octanol–water partition coefficient (Wildman–Crippen LogP) is 3.89. The number of rotatable bonds is 2. The lowest BCUT2D eigenvalue weighted by Gasteiger charge is -2.23. The Balaban J connectivity index is 1.59. The van der Waals surface area contributed by atoms with E-state index in [1.807, 2.05) is 18.2 Å². The zero-order valence-electron chi connectivity index (χ0n) is 13.2. The van der Waals surface area contributed by atoms with Gasteiger partial charge in [-0.25, -0.2) is 4.79 Å². The van der Waals surface area contributed by atoms with Crippen molar-refractivity contribution in [3.05, 3.63) is 71.4 Å². The molecule has 0 saturated heterocycles. The molecule has 0 amide bonds. The van der Waals surface area contributed by atoms with Crippen molar-refractivity contribution in [3.8, 4) is 0 Å². The number of benzene rings is 2. The minimum atomic E-state index is -0.223. The van der Waals surface area contributed by atoms with Gasteiger partial charge in [0.05, 0.1) is 5.56 Å². The molecule has 1 unspecified atom stereocenters. The molecule has 23 heavy (non-hydrogen) atoms. The van der Waals surface area contributed by atoms with Gasteiger partial charge in [-0.3, -0.25) is 0 Å². The molecule has 0 bridgehead atoms. The maximum atomic E-state index is 12.3. The van der Waals surface area contributed by atoms with E-state index in [-0.39, 0.29) is 12.1 Å². The average Bonchev–Trinajstić information content (AvgIpc) is 2.89. The fraction of sp³-hybridized carbons (Fsp3) is 0.250. The number of hydrogen-bond acceptors (Lipinski definition) is 2. The number of hydrogen-bond donors (Lipinski definition) is 0. The second-order valence-electron chi connectivity index (χ2n) is 6.14. The average molecular weight is 305 g/mol. The molecule has 1 heterocycles. The van der Waals surface area contributed by atoms with E-state index in [2.05, 4.69) is 35.9 Å². The van der Waals surface area contributed by atoms with Crippen LogP contribution in [-0.2, 0) is 24.6 Å². The second kappa shape index (κ2) is 5.58. The Kier molecular flexibility index (Phi) is 3.41. The van der Waals surface area contributed by atoms with E-state index in [1.165, 1.54) is 22.2 Å². The fourth-order valence-corrected chi connectivity index (χ4v) is 3.59. The van der Waals surface area contributed by atoms with Gasteiger partial charge < -0.3 is 9.30 Å². The quantitative estimate of drug-likeness (QED) is 0.673. The summed E-state index contributed by atoms with van der Waals surface area (Å²) in [6.07, 6.45) is 2.60. The van der Waals surface area contributed by atoms with Gasteiger partial charge in [0, 0.05) is 30.1 Å². The first-order valence-electron chi connectivity index (χ1n) is 8.05. The molecule has 4 rings (SSSR count). The van der Waals surface area contributed by atoms with Crippen LogP contribution in [0.1, 0.15) is 28.0 Å². The lowest BCUT2D eigenvalue weighted by Crippen LogP contribution is -2.26. The number of fused-ring (bicyclic) bond motifs is 3. The Hall–Kier alpha value is -2.55. The van der Waals surface area contributed by atoms with Crippen molar-refractivity contribution in [2.45, 2.75) is 25.4 Å². The monoisotopic (exact) mass is 305 g/mol. The van der Waals surface area contributed by atoms with E-state index < -0.39 is 0 Å². The fourth-order valence-electron chi connectivity index (χ4n) is 3.59. The highest BCUT2D eigenvalue weighted by Gasteiger charge is 2.26. The Labute approximate surface area is 135 Å². The van der Waals surface area contributed by atoms with E-state index in [0.717, 1.165) is 19.3 Å². The summed E-state index contributed by atoms with van der Waals surface area (Å²) in [5.74, 6) is -0.223. The van der Waals surface area contributed by atoms with Crippen LogP contribution in [0, 0.1) is 0 Å². The first-order valence-corrected chi connectivity index (χ1v) is 8.05. The number of carbonyl (C=O) groups excluding carboxylic acids is 1. The first kappa shape index (κ1) is 14.1. The van der Waals surface area contributed by atoms with Crippen LogP contribution in [0.25, 0.3) is 10.9 Å². The molecule has 0 spiro atoms. The van der Waals surface area contributed by atoms with Gasteiger partial charge in [0.25, 0.3) is 0 Å². The highest BCUT2D eigenvalue weighted by Crippen LogP contribution is 2.32. The van der Waals surface area contributed by atoms with Gasteiger partial charge in [-0.1, -0.05) is 36.4 Å². The van der Waals surface area contributed by atoms with Crippen molar-refractivity contribution in [1.29, 1.82) is 0 Å². The van der Waals surface area contributed by atoms with E-state index in [0.29, 0.717) is 5.56 Å². The third-order valence-corrected chi connectivity index (χ3v) is 4.76. The summed E-state index contributed by atoms with van der Waals surface area (Å²) in [6.45, 7) is 0. The lowest BCUT2D eigenvalue weighted by molar-refractivity contribution is 0.0270. The molecule has 1 aliphatic carbocycles. The van der Waals surface area contributed by atoms with Gasteiger partial charge in [-0.05, 0) is 36.6 Å². The van der Waals surface area contributed by atoms with Gasteiger partial charge in [-0.2, -0.15) is 0 Å². The van der Waals surface area contributed by atoms with Crippen molar-refractivity contribution in [3.63, 3.8) is 0 Å². The molecule has 1 aromatic heterocycles. The molecule has 3 nitrogen and oxygen atoms in total. The maximum absolute atomic E-state index is 12.3. The molecule has 116 valence electrons. The number of esters is 1. The lowest BCUT2D eigenvalue weighted by atomic mass is 9.93. The molecule has 1 aliphatic rings. The molecule has 2 aromatic carbocycles. The summed E-state index contributed by atoms with van der Waals surface area (Å²) in [5, 5.41) is 1.28. The first-order chi connectivity index (χ1) is 11.2. The van der Waals surface area contributed by atoms with Crippen LogP contribution in [0.15, 0.2) is 54.6 Å². The van der Waals surface area contributed by atoms with Crippen molar-refractivity contribution < 1.29 is 9.53 Å². The molecule has 3 heteroatoms. The maximum Gasteiger partial charge on any atom is 0.338 e. The smallest absolute Gasteiger partial charge is 0.338 e. The minimum Gasteiger partial charge on any atom is -0.458 e. The zero-order chi connectivity index (χ0) is 15.8.